The molecule has 2 heterocycles. The van der Waals surface area contributed by atoms with Gasteiger partial charge in [0.15, 0.2) is 0 Å². The molecule has 45 heavy (non-hydrogen) atoms. The van der Waals surface area contributed by atoms with Crippen LogP contribution in [0.25, 0.3) is 0 Å². The molecule has 2 aliphatic rings. The van der Waals surface area contributed by atoms with E-state index in [1.807, 2.05) is 12.1 Å². The molecule has 11 heteroatoms. The van der Waals surface area contributed by atoms with Crippen molar-refractivity contribution in [3.8, 4) is 0 Å². The van der Waals surface area contributed by atoms with Crippen molar-refractivity contribution in [2.24, 2.45) is 5.92 Å². The zero-order valence-corrected chi connectivity index (χ0v) is 25.2. The van der Waals surface area contributed by atoms with Crippen molar-refractivity contribution >= 4 is 29.0 Å². The van der Waals surface area contributed by atoms with Crippen molar-refractivity contribution < 1.29 is 27.5 Å². The van der Waals surface area contributed by atoms with E-state index < -0.39 is 17.8 Å². The van der Waals surface area contributed by atoms with Crippen molar-refractivity contribution in [1.82, 2.24) is 10.2 Å². The number of piperidine rings is 1. The number of carbonyl (C=O) groups is 2. The van der Waals surface area contributed by atoms with Crippen LogP contribution in [0.4, 0.5) is 35.0 Å². The van der Waals surface area contributed by atoms with Gasteiger partial charge in [-0.3, -0.25) is 9.69 Å². The van der Waals surface area contributed by atoms with Gasteiger partial charge in [0.1, 0.15) is 0 Å². The normalized spacial score (nSPS) is 16.3. The first-order valence-electron chi connectivity index (χ1n) is 15.5. The van der Waals surface area contributed by atoms with Gasteiger partial charge in [0, 0.05) is 49.8 Å². The van der Waals surface area contributed by atoms with Crippen molar-refractivity contribution in [1.29, 1.82) is 0 Å². The topological polar surface area (TPSA) is 85.9 Å². The molecule has 2 fully saturated rings. The number of benzene rings is 3. The first-order valence-corrected chi connectivity index (χ1v) is 15.5. The summed E-state index contributed by atoms with van der Waals surface area (Å²) in [6, 6.07) is 19.3. The van der Waals surface area contributed by atoms with Gasteiger partial charge in [0.05, 0.1) is 24.3 Å². The number of nitrogens with zero attached hydrogens (tertiary/aromatic N) is 2. The molecule has 2 aliphatic heterocycles. The highest BCUT2D eigenvalue weighted by Crippen LogP contribution is 2.31. The Balaban J connectivity index is 1.23. The number of rotatable bonds is 10. The number of ether oxygens (including phenoxy) is 1. The number of carbonyl (C=O) groups excluding carboxylic acids is 2. The second-order valence-corrected chi connectivity index (χ2v) is 11.6. The molecule has 0 aromatic heterocycles. The predicted octanol–water partition coefficient (Wildman–Crippen LogP) is 6.26. The minimum absolute atomic E-state index is 0.216. The Labute approximate surface area is 261 Å². The summed E-state index contributed by atoms with van der Waals surface area (Å²) in [6.45, 7) is 6.25. The van der Waals surface area contributed by atoms with E-state index in [4.69, 9.17) is 4.74 Å². The first-order chi connectivity index (χ1) is 21.7. The van der Waals surface area contributed by atoms with Crippen LogP contribution >= 0.6 is 0 Å². The van der Waals surface area contributed by atoms with Crippen LogP contribution in [0, 0.1) is 5.92 Å². The van der Waals surface area contributed by atoms with Crippen LogP contribution in [0.2, 0.25) is 0 Å². The number of alkyl halides is 3. The Morgan fingerprint density at radius 2 is 1.51 bits per heavy atom. The summed E-state index contributed by atoms with van der Waals surface area (Å²) >= 11 is 0. The van der Waals surface area contributed by atoms with E-state index in [0.29, 0.717) is 23.7 Å². The summed E-state index contributed by atoms with van der Waals surface area (Å²) in [4.78, 5) is 30.8. The highest BCUT2D eigenvalue weighted by Gasteiger charge is 2.30. The molecule has 240 valence electrons. The van der Waals surface area contributed by atoms with Crippen molar-refractivity contribution in [3.05, 3.63) is 89.5 Å². The molecule has 3 N–H and O–H groups in total. The summed E-state index contributed by atoms with van der Waals surface area (Å²) < 4.78 is 44.1. The smallest absolute Gasteiger partial charge is 0.379 e. The minimum Gasteiger partial charge on any atom is -0.379 e. The molecule has 8 nitrogen and oxygen atoms in total. The number of nitrogens with one attached hydrogen (secondary N) is 3. The average Bonchev–Trinajstić information content (AvgIpc) is 3.04. The molecule has 5 rings (SSSR count). The Morgan fingerprint density at radius 3 is 2.20 bits per heavy atom. The molecule has 0 bridgehead atoms. The van der Waals surface area contributed by atoms with Crippen molar-refractivity contribution in [2.75, 3.05) is 68.0 Å². The Morgan fingerprint density at radius 1 is 0.844 bits per heavy atom. The van der Waals surface area contributed by atoms with Gasteiger partial charge in [-0.05, 0) is 86.2 Å². The summed E-state index contributed by atoms with van der Waals surface area (Å²) in [6.07, 6.45) is -0.614. The summed E-state index contributed by atoms with van der Waals surface area (Å²) in [7, 11) is 0. The molecular formula is C34H40F3N5O3. The highest BCUT2D eigenvalue weighted by molar-refractivity contribution is 6.04. The maximum Gasteiger partial charge on any atom is 0.416 e. The third-order valence-corrected chi connectivity index (χ3v) is 8.33. The predicted molar refractivity (Wildman–Crippen MR) is 170 cm³/mol. The maximum absolute atomic E-state index is 13.5. The van der Waals surface area contributed by atoms with Gasteiger partial charge in [0.2, 0.25) is 0 Å². The first kappa shape index (κ1) is 32.3. The fourth-order valence-electron chi connectivity index (χ4n) is 5.86. The lowest BCUT2D eigenvalue weighted by Crippen LogP contribution is -2.38. The van der Waals surface area contributed by atoms with Crippen LogP contribution in [0.3, 0.4) is 0 Å². The van der Waals surface area contributed by atoms with Gasteiger partial charge in [-0.15, -0.1) is 0 Å². The second kappa shape index (κ2) is 15.3. The number of anilines is 3. The molecule has 3 aromatic carbocycles. The number of morpholine rings is 1. The zero-order valence-electron chi connectivity index (χ0n) is 25.2. The van der Waals surface area contributed by atoms with Crippen molar-refractivity contribution in [2.45, 2.75) is 31.9 Å². The third kappa shape index (κ3) is 9.45. The highest BCUT2D eigenvalue weighted by atomic mass is 19.4. The number of halogens is 3. The van der Waals surface area contributed by atoms with Gasteiger partial charge in [-0.25, -0.2) is 4.79 Å². The lowest BCUT2D eigenvalue weighted by Gasteiger charge is -2.35. The Kier molecular flexibility index (Phi) is 11.0. The second-order valence-electron chi connectivity index (χ2n) is 11.6. The van der Waals surface area contributed by atoms with Gasteiger partial charge in [-0.2, -0.15) is 13.2 Å². The van der Waals surface area contributed by atoms with Crippen LogP contribution in [0.15, 0.2) is 72.8 Å². The van der Waals surface area contributed by atoms with Crippen LogP contribution in [0.1, 0.15) is 40.7 Å². The summed E-state index contributed by atoms with van der Waals surface area (Å²) in [5.41, 5.74) is 2.43. The Bertz CT molecular complexity index is 1400. The lowest BCUT2D eigenvalue weighted by atomic mass is 9.89. The Hall–Kier alpha value is -4.09. The molecule has 3 aromatic rings. The molecule has 0 aliphatic carbocycles. The molecule has 2 saturated heterocycles. The third-order valence-electron chi connectivity index (χ3n) is 8.33. The van der Waals surface area contributed by atoms with Crippen LogP contribution in [-0.2, 0) is 17.3 Å². The van der Waals surface area contributed by atoms with Gasteiger partial charge in [-0.1, -0.05) is 30.3 Å². The summed E-state index contributed by atoms with van der Waals surface area (Å²) in [5.74, 6) is 0.348. The largest absolute Gasteiger partial charge is 0.416 e. The van der Waals surface area contributed by atoms with E-state index in [0.717, 1.165) is 89.4 Å². The van der Waals surface area contributed by atoms with Crippen LogP contribution < -0.4 is 20.9 Å². The monoisotopic (exact) mass is 623 g/mol. The molecule has 0 radical (unpaired) electrons. The van der Waals surface area contributed by atoms with E-state index in [9.17, 15) is 22.8 Å². The average molecular weight is 624 g/mol. The van der Waals surface area contributed by atoms with E-state index >= 15 is 0 Å². The van der Waals surface area contributed by atoms with E-state index in [1.165, 1.54) is 17.7 Å². The van der Waals surface area contributed by atoms with Crippen LogP contribution in [0.5, 0.6) is 0 Å². The lowest BCUT2D eigenvalue weighted by molar-refractivity contribution is -0.137. The molecule has 0 saturated carbocycles. The molecule has 3 amide bonds. The molecule has 0 spiro atoms. The molecular weight excluding hydrogens is 583 g/mol. The quantitative estimate of drug-likeness (QED) is 0.232. The van der Waals surface area contributed by atoms with E-state index in [-0.39, 0.29) is 11.6 Å². The fraction of sp³-hybridized carbons (Fsp3) is 0.412. The van der Waals surface area contributed by atoms with Crippen LogP contribution in [-0.4, -0.2) is 69.3 Å². The van der Waals surface area contributed by atoms with E-state index in [1.54, 1.807) is 12.1 Å². The standard InChI is InChI=1S/C34H40F3N5O3/c35-34(36,37)27-7-9-28(10-8-27)39-33(44)40-29-11-12-31(42-17-13-26(14-18-42)23-25-5-2-1-3-6-25)30(24-29)32(43)38-15-4-16-41-19-21-45-22-20-41/h1-3,5-12,24,26H,4,13-23H2,(H,38,43)(H2,39,40,44). The molecule has 0 atom stereocenters. The molecule has 0 unspecified atom stereocenters. The number of hydrogen-bond acceptors (Lipinski definition) is 5. The van der Waals surface area contributed by atoms with Gasteiger partial charge < -0.3 is 25.6 Å². The maximum atomic E-state index is 13.5. The number of hydrogen-bond donors (Lipinski definition) is 3. The number of urea groups is 1. The summed E-state index contributed by atoms with van der Waals surface area (Å²) in [5, 5.41) is 8.32. The SMILES string of the molecule is O=C(Nc1ccc(C(F)(F)F)cc1)Nc1ccc(N2CCC(Cc3ccccc3)CC2)c(C(=O)NCCCN2CCOCC2)c1. The van der Waals surface area contributed by atoms with Gasteiger partial charge >= 0.3 is 12.2 Å². The minimum atomic E-state index is -4.46. The number of amides is 3. The fourth-order valence-corrected chi connectivity index (χ4v) is 5.86. The van der Waals surface area contributed by atoms with E-state index in [2.05, 4.69) is 50.0 Å². The van der Waals surface area contributed by atoms with Gasteiger partial charge in [0.25, 0.3) is 5.91 Å². The van der Waals surface area contributed by atoms with Crippen molar-refractivity contribution in [3.63, 3.8) is 0 Å². The zero-order chi connectivity index (χ0) is 31.6.